The Morgan fingerprint density at radius 3 is 2.04 bits per heavy atom. The molecule has 154 valence electrons. The maximum Gasteiger partial charge on any atom is 0.345 e. The molecule has 4 heteroatoms. The van der Waals surface area contributed by atoms with Crippen LogP contribution in [0.15, 0.2) is 35.6 Å². The molecule has 0 radical (unpaired) electrons. The average molecular weight is 387 g/mol. The molecule has 4 nitrogen and oxygen atoms in total. The Hall–Kier alpha value is -2.10. The zero-order valence-electron chi connectivity index (χ0n) is 17.6. The first-order valence-electron chi connectivity index (χ1n) is 10.5. The van der Waals surface area contributed by atoms with Crippen LogP contribution >= 0.6 is 0 Å². The summed E-state index contributed by atoms with van der Waals surface area (Å²) in [4.78, 5) is 22.8. The monoisotopic (exact) mass is 386 g/mol. The maximum atomic E-state index is 11.5. The normalized spacial score (nSPS) is 16.4. The summed E-state index contributed by atoms with van der Waals surface area (Å²) in [5, 5.41) is 9.89. The van der Waals surface area contributed by atoms with Crippen molar-refractivity contribution >= 4 is 11.8 Å². The number of benzene rings is 1. The van der Waals surface area contributed by atoms with Gasteiger partial charge in [0.1, 0.15) is 11.3 Å². The first-order chi connectivity index (χ1) is 13.3. The van der Waals surface area contributed by atoms with Gasteiger partial charge in [-0.15, -0.1) is 0 Å². The smallest absolute Gasteiger partial charge is 0.345 e. The lowest BCUT2D eigenvalue weighted by Gasteiger charge is -2.19. The lowest BCUT2D eigenvalue weighted by Crippen LogP contribution is -2.10. The van der Waals surface area contributed by atoms with Crippen molar-refractivity contribution in [2.75, 3.05) is 6.61 Å². The lowest BCUT2D eigenvalue weighted by molar-refractivity contribution is -0.135. The van der Waals surface area contributed by atoms with Crippen LogP contribution in [0.2, 0.25) is 0 Å². The minimum Gasteiger partial charge on any atom is -0.511 e. The Balaban J connectivity index is 1.53. The zero-order valence-corrected chi connectivity index (χ0v) is 17.6. The average Bonchev–Trinajstić information content (AvgIpc) is 2.98. The molecule has 0 unspecified atom stereocenters. The molecule has 1 saturated heterocycles. The summed E-state index contributed by atoms with van der Waals surface area (Å²) >= 11 is 0. The van der Waals surface area contributed by atoms with Gasteiger partial charge in [-0.1, -0.05) is 77.1 Å². The quantitative estimate of drug-likeness (QED) is 0.187. The SMILES string of the molecule is CC(C)(C)c1ccc(CCCCCCCCC/C(O)=C2/C(=O)COC2=O)cc1. The zero-order chi connectivity index (χ0) is 20.6. The third kappa shape index (κ3) is 6.81. The number of aliphatic hydroxyl groups excluding tert-OH is 1. The largest absolute Gasteiger partial charge is 0.511 e. The fourth-order valence-corrected chi connectivity index (χ4v) is 3.47. The van der Waals surface area contributed by atoms with Gasteiger partial charge in [-0.05, 0) is 35.8 Å². The van der Waals surface area contributed by atoms with Gasteiger partial charge in [-0.2, -0.15) is 0 Å². The van der Waals surface area contributed by atoms with Gasteiger partial charge < -0.3 is 9.84 Å². The van der Waals surface area contributed by atoms with Crippen LogP contribution < -0.4 is 0 Å². The number of hydrogen-bond donors (Lipinski definition) is 1. The van der Waals surface area contributed by atoms with Gasteiger partial charge >= 0.3 is 5.97 Å². The molecule has 1 aromatic carbocycles. The number of unbranched alkanes of at least 4 members (excludes halogenated alkanes) is 6. The Labute approximate surface area is 169 Å². The molecular weight excluding hydrogens is 352 g/mol. The van der Waals surface area contributed by atoms with Gasteiger partial charge in [0.25, 0.3) is 0 Å². The molecule has 0 aliphatic carbocycles. The van der Waals surface area contributed by atoms with E-state index in [1.165, 1.54) is 36.8 Å². The number of ketones is 1. The summed E-state index contributed by atoms with van der Waals surface area (Å²) in [5.41, 5.74) is 2.86. The number of carbonyl (C=O) groups excluding carboxylic acids is 2. The summed E-state index contributed by atoms with van der Waals surface area (Å²) in [6.07, 6.45) is 9.25. The number of aryl methyl sites for hydroxylation is 1. The predicted octanol–water partition coefficient (Wildman–Crippen LogP) is 5.59. The Bertz CT molecular complexity index is 674. The predicted molar refractivity (Wildman–Crippen MR) is 111 cm³/mol. The first kappa shape index (κ1) is 22.2. The number of hydrogen-bond acceptors (Lipinski definition) is 4. The van der Waals surface area contributed by atoms with E-state index in [0.717, 1.165) is 25.7 Å². The molecule has 1 fully saturated rings. The van der Waals surface area contributed by atoms with Crippen LogP contribution in [0.25, 0.3) is 0 Å². The molecule has 0 amide bonds. The number of aliphatic hydroxyl groups is 1. The van der Waals surface area contributed by atoms with Crippen molar-refractivity contribution in [3.05, 3.63) is 46.7 Å². The van der Waals surface area contributed by atoms with E-state index >= 15 is 0 Å². The summed E-state index contributed by atoms with van der Waals surface area (Å²) in [6.45, 7) is 6.48. The number of Topliss-reactive ketones (excluding diaryl/α,β-unsaturated/α-hetero) is 1. The molecular formula is C24H34O4. The first-order valence-corrected chi connectivity index (χ1v) is 10.5. The lowest BCUT2D eigenvalue weighted by atomic mass is 9.86. The van der Waals surface area contributed by atoms with Crippen LogP contribution in [0.4, 0.5) is 0 Å². The van der Waals surface area contributed by atoms with Crippen LogP contribution in [-0.2, 0) is 26.2 Å². The van der Waals surface area contributed by atoms with Gasteiger partial charge in [0, 0.05) is 6.42 Å². The van der Waals surface area contributed by atoms with Crippen LogP contribution in [0.3, 0.4) is 0 Å². The van der Waals surface area contributed by atoms with Gasteiger partial charge in [-0.3, -0.25) is 4.79 Å². The van der Waals surface area contributed by atoms with Gasteiger partial charge in [0.15, 0.2) is 6.61 Å². The summed E-state index contributed by atoms with van der Waals surface area (Å²) in [6, 6.07) is 9.01. The summed E-state index contributed by atoms with van der Waals surface area (Å²) < 4.78 is 4.63. The van der Waals surface area contributed by atoms with Crippen LogP contribution in [0.5, 0.6) is 0 Å². The molecule has 0 aromatic heterocycles. The van der Waals surface area contributed by atoms with Crippen molar-refractivity contribution in [1.29, 1.82) is 0 Å². The number of rotatable bonds is 10. The minimum absolute atomic E-state index is 0.107. The standard InChI is InChI=1S/C24H34O4/c1-24(2,3)19-15-13-18(14-16-19)11-9-7-5-4-6-8-10-12-20(25)22-21(26)17-28-23(22)27/h13-16,25H,4-12,17H2,1-3H3/b22-20+. The highest BCUT2D eigenvalue weighted by Crippen LogP contribution is 2.23. The van der Waals surface area contributed by atoms with Crippen molar-refractivity contribution in [1.82, 2.24) is 0 Å². The Kier molecular flexibility index (Phi) is 8.28. The number of esters is 1. The van der Waals surface area contributed by atoms with E-state index in [-0.39, 0.29) is 23.4 Å². The molecule has 0 saturated carbocycles. The molecule has 0 spiro atoms. The molecule has 1 N–H and O–H groups in total. The number of cyclic esters (lactones) is 1. The van der Waals surface area contributed by atoms with E-state index in [4.69, 9.17) is 0 Å². The third-order valence-corrected chi connectivity index (χ3v) is 5.30. The Morgan fingerprint density at radius 2 is 1.50 bits per heavy atom. The van der Waals surface area contributed by atoms with E-state index in [0.29, 0.717) is 6.42 Å². The van der Waals surface area contributed by atoms with Crippen LogP contribution in [-0.4, -0.2) is 23.5 Å². The van der Waals surface area contributed by atoms with E-state index in [1.807, 2.05) is 0 Å². The molecule has 0 atom stereocenters. The highest BCUT2D eigenvalue weighted by atomic mass is 16.5. The third-order valence-electron chi connectivity index (χ3n) is 5.30. The summed E-state index contributed by atoms with van der Waals surface area (Å²) in [5.74, 6) is -1.20. The number of carbonyl (C=O) groups is 2. The minimum atomic E-state index is -0.685. The van der Waals surface area contributed by atoms with Crippen LogP contribution in [0, 0.1) is 0 Å². The second-order valence-electron chi connectivity index (χ2n) is 8.74. The van der Waals surface area contributed by atoms with E-state index in [2.05, 4.69) is 49.8 Å². The molecule has 1 aliphatic rings. The molecule has 1 aliphatic heterocycles. The second kappa shape index (κ2) is 10.4. The van der Waals surface area contributed by atoms with E-state index in [9.17, 15) is 14.7 Å². The van der Waals surface area contributed by atoms with Gasteiger partial charge in [0.2, 0.25) is 5.78 Å². The fourth-order valence-electron chi connectivity index (χ4n) is 3.47. The molecule has 1 aromatic rings. The maximum absolute atomic E-state index is 11.5. The van der Waals surface area contributed by atoms with Crippen molar-refractivity contribution in [2.24, 2.45) is 0 Å². The fraction of sp³-hybridized carbons (Fsp3) is 0.583. The highest BCUT2D eigenvalue weighted by molar-refractivity contribution is 6.22. The van der Waals surface area contributed by atoms with E-state index < -0.39 is 11.8 Å². The van der Waals surface area contributed by atoms with Crippen molar-refractivity contribution < 1.29 is 19.4 Å². The van der Waals surface area contributed by atoms with Crippen LogP contribution in [0.1, 0.15) is 83.3 Å². The molecule has 1 heterocycles. The molecule has 2 rings (SSSR count). The van der Waals surface area contributed by atoms with Gasteiger partial charge in [0.05, 0.1) is 0 Å². The van der Waals surface area contributed by atoms with E-state index in [1.54, 1.807) is 0 Å². The Morgan fingerprint density at radius 1 is 0.929 bits per heavy atom. The van der Waals surface area contributed by atoms with Gasteiger partial charge in [-0.25, -0.2) is 4.79 Å². The van der Waals surface area contributed by atoms with Crippen molar-refractivity contribution in [3.8, 4) is 0 Å². The number of ether oxygens (including phenoxy) is 1. The van der Waals surface area contributed by atoms with Crippen molar-refractivity contribution in [2.45, 2.75) is 84.0 Å². The van der Waals surface area contributed by atoms with Crippen molar-refractivity contribution in [3.63, 3.8) is 0 Å². The highest BCUT2D eigenvalue weighted by Gasteiger charge is 2.31. The number of allylic oxidation sites excluding steroid dienone is 1. The molecule has 28 heavy (non-hydrogen) atoms. The second-order valence-corrected chi connectivity index (χ2v) is 8.74. The summed E-state index contributed by atoms with van der Waals surface area (Å²) in [7, 11) is 0. The topological polar surface area (TPSA) is 63.6 Å². The molecule has 0 bridgehead atoms.